The van der Waals surface area contributed by atoms with E-state index < -0.39 is 0 Å². The van der Waals surface area contributed by atoms with Crippen LogP contribution < -0.4 is 14.9 Å². The van der Waals surface area contributed by atoms with E-state index in [1.165, 1.54) is 6.26 Å². The van der Waals surface area contributed by atoms with Crippen LogP contribution in [0.1, 0.15) is 12.0 Å². The summed E-state index contributed by atoms with van der Waals surface area (Å²) in [5.74, 6) is 1.47. The third kappa shape index (κ3) is 3.29. The highest BCUT2D eigenvalue weighted by molar-refractivity contribution is 5.85. The maximum atomic E-state index is 13.0. The predicted molar refractivity (Wildman–Crippen MR) is 102 cm³/mol. The molecule has 0 saturated heterocycles. The summed E-state index contributed by atoms with van der Waals surface area (Å²) in [4.78, 5) is 15.1. The van der Waals surface area contributed by atoms with E-state index in [4.69, 9.17) is 19.0 Å². The molecule has 0 bridgehead atoms. The van der Waals surface area contributed by atoms with Gasteiger partial charge in [-0.05, 0) is 36.2 Å². The van der Waals surface area contributed by atoms with Crippen LogP contribution in [0.15, 0.2) is 51.9 Å². The van der Waals surface area contributed by atoms with Crippen molar-refractivity contribution in [2.75, 3.05) is 27.0 Å². The number of fused-ring (bicyclic) bond motifs is 3. The number of aliphatic hydroxyl groups excluding tert-OH is 1. The number of benzene rings is 2. The number of hydrogen-bond acceptors (Lipinski definition) is 6. The molecule has 27 heavy (non-hydrogen) atoms. The van der Waals surface area contributed by atoms with E-state index in [1.54, 1.807) is 13.2 Å². The molecule has 0 unspecified atom stereocenters. The normalized spacial score (nSPS) is 14.0. The molecule has 6 heteroatoms. The first kappa shape index (κ1) is 17.6. The van der Waals surface area contributed by atoms with Gasteiger partial charge in [-0.1, -0.05) is 12.1 Å². The number of hydrogen-bond donors (Lipinski definition) is 1. The fraction of sp³-hybridized carbons (Fsp3) is 0.286. The lowest BCUT2D eigenvalue weighted by atomic mass is 10.0. The summed E-state index contributed by atoms with van der Waals surface area (Å²) in [6.45, 7) is 1.95. The van der Waals surface area contributed by atoms with Gasteiger partial charge in [-0.2, -0.15) is 0 Å². The number of ether oxygens (including phenoxy) is 2. The standard InChI is InChI=1S/C21H21NO5/c1-25-15-5-3-14(4-6-15)18-12-26-21-16(20(18)24)7-8-19-17(21)11-22(13-27-19)9-2-10-23/h3-8,12,23H,2,9-11,13H2,1H3. The highest BCUT2D eigenvalue weighted by Crippen LogP contribution is 2.32. The Balaban J connectivity index is 1.75. The summed E-state index contributed by atoms with van der Waals surface area (Å²) in [5, 5.41) is 9.57. The average molecular weight is 367 g/mol. The number of rotatable bonds is 5. The van der Waals surface area contributed by atoms with Gasteiger partial charge in [0, 0.05) is 19.7 Å². The lowest BCUT2D eigenvalue weighted by Gasteiger charge is -2.29. The summed E-state index contributed by atoms with van der Waals surface area (Å²) in [7, 11) is 1.61. The van der Waals surface area contributed by atoms with Gasteiger partial charge in [-0.15, -0.1) is 0 Å². The van der Waals surface area contributed by atoms with Crippen molar-refractivity contribution in [3.8, 4) is 22.6 Å². The number of nitrogens with zero attached hydrogens (tertiary/aromatic N) is 1. The van der Waals surface area contributed by atoms with Gasteiger partial charge in [0.1, 0.15) is 30.1 Å². The van der Waals surface area contributed by atoms with Crippen LogP contribution in [0.2, 0.25) is 0 Å². The Morgan fingerprint density at radius 1 is 1.19 bits per heavy atom. The fourth-order valence-corrected chi connectivity index (χ4v) is 3.36. The van der Waals surface area contributed by atoms with Crippen molar-refractivity contribution in [2.24, 2.45) is 0 Å². The first-order chi connectivity index (χ1) is 13.2. The van der Waals surface area contributed by atoms with Crippen molar-refractivity contribution in [3.05, 3.63) is 58.4 Å². The van der Waals surface area contributed by atoms with Gasteiger partial charge in [-0.25, -0.2) is 0 Å². The Labute approximate surface area is 156 Å². The van der Waals surface area contributed by atoms with Gasteiger partial charge in [-0.3, -0.25) is 9.69 Å². The molecule has 1 aliphatic rings. The fourth-order valence-electron chi connectivity index (χ4n) is 3.36. The van der Waals surface area contributed by atoms with E-state index in [0.29, 0.717) is 36.2 Å². The Morgan fingerprint density at radius 2 is 2.00 bits per heavy atom. The van der Waals surface area contributed by atoms with Crippen LogP contribution in [0.3, 0.4) is 0 Å². The summed E-state index contributed by atoms with van der Waals surface area (Å²) >= 11 is 0. The highest BCUT2D eigenvalue weighted by Gasteiger charge is 2.22. The lowest BCUT2D eigenvalue weighted by Crippen LogP contribution is -2.33. The van der Waals surface area contributed by atoms with E-state index >= 15 is 0 Å². The molecule has 0 spiro atoms. The molecule has 2 aromatic carbocycles. The van der Waals surface area contributed by atoms with Crippen molar-refractivity contribution in [3.63, 3.8) is 0 Å². The zero-order chi connectivity index (χ0) is 18.8. The largest absolute Gasteiger partial charge is 0.497 e. The number of aliphatic hydroxyl groups is 1. The second kappa shape index (κ2) is 7.42. The number of methoxy groups -OCH3 is 1. The van der Waals surface area contributed by atoms with Gasteiger partial charge in [0.05, 0.1) is 23.6 Å². The smallest absolute Gasteiger partial charge is 0.200 e. The van der Waals surface area contributed by atoms with Crippen LogP contribution in [0.4, 0.5) is 0 Å². The van der Waals surface area contributed by atoms with E-state index in [-0.39, 0.29) is 12.0 Å². The van der Waals surface area contributed by atoms with Crippen LogP contribution in [-0.2, 0) is 6.54 Å². The molecule has 0 fully saturated rings. The van der Waals surface area contributed by atoms with Gasteiger partial charge < -0.3 is 19.0 Å². The zero-order valence-corrected chi connectivity index (χ0v) is 15.1. The Bertz CT molecular complexity index is 1010. The second-order valence-corrected chi connectivity index (χ2v) is 6.53. The molecule has 0 amide bonds. The quantitative estimate of drug-likeness (QED) is 0.747. The van der Waals surface area contributed by atoms with Gasteiger partial charge in [0.2, 0.25) is 5.43 Å². The first-order valence-electron chi connectivity index (χ1n) is 8.89. The average Bonchev–Trinajstić information content (AvgIpc) is 2.72. The van der Waals surface area contributed by atoms with Crippen molar-refractivity contribution in [1.82, 2.24) is 4.90 Å². The van der Waals surface area contributed by atoms with Crippen molar-refractivity contribution >= 4 is 11.0 Å². The van der Waals surface area contributed by atoms with Crippen LogP contribution in [-0.4, -0.2) is 37.0 Å². The maximum absolute atomic E-state index is 13.0. The molecule has 4 rings (SSSR count). The molecule has 1 aliphatic heterocycles. The Morgan fingerprint density at radius 3 is 2.74 bits per heavy atom. The molecule has 1 aromatic heterocycles. The van der Waals surface area contributed by atoms with Gasteiger partial charge in [0.25, 0.3) is 0 Å². The summed E-state index contributed by atoms with van der Waals surface area (Å²) in [6.07, 6.45) is 2.19. The third-order valence-corrected chi connectivity index (χ3v) is 4.82. The van der Waals surface area contributed by atoms with Crippen molar-refractivity contribution < 1.29 is 19.0 Å². The monoisotopic (exact) mass is 367 g/mol. The molecule has 0 saturated carbocycles. The van der Waals surface area contributed by atoms with Gasteiger partial charge >= 0.3 is 0 Å². The molecule has 3 aromatic rings. The molecule has 0 aliphatic carbocycles. The molecule has 140 valence electrons. The lowest BCUT2D eigenvalue weighted by molar-refractivity contribution is 0.0887. The van der Waals surface area contributed by atoms with Gasteiger partial charge in [0.15, 0.2) is 0 Å². The van der Waals surface area contributed by atoms with E-state index in [9.17, 15) is 4.79 Å². The Hall–Kier alpha value is -2.83. The topological polar surface area (TPSA) is 72.1 Å². The minimum Gasteiger partial charge on any atom is -0.497 e. The summed E-state index contributed by atoms with van der Waals surface area (Å²) in [5.41, 5.74) is 2.65. The van der Waals surface area contributed by atoms with E-state index in [1.807, 2.05) is 30.3 Å². The summed E-state index contributed by atoms with van der Waals surface area (Å²) < 4.78 is 16.9. The SMILES string of the molecule is COc1ccc(-c2coc3c4c(ccc3c2=O)OCN(CCCO)C4)cc1. The van der Waals surface area contributed by atoms with Crippen LogP contribution in [0.5, 0.6) is 11.5 Å². The minimum absolute atomic E-state index is 0.0725. The molecule has 0 atom stereocenters. The molecular formula is C21H21NO5. The maximum Gasteiger partial charge on any atom is 0.200 e. The molecule has 0 radical (unpaired) electrons. The third-order valence-electron chi connectivity index (χ3n) is 4.82. The Kier molecular flexibility index (Phi) is 4.83. The van der Waals surface area contributed by atoms with Crippen LogP contribution in [0.25, 0.3) is 22.1 Å². The summed E-state index contributed by atoms with van der Waals surface area (Å²) in [6, 6.07) is 10.9. The van der Waals surface area contributed by atoms with E-state index in [2.05, 4.69) is 4.90 Å². The molecule has 1 N–H and O–H groups in total. The first-order valence-corrected chi connectivity index (χ1v) is 8.89. The van der Waals surface area contributed by atoms with E-state index in [0.717, 1.165) is 29.2 Å². The minimum atomic E-state index is -0.0725. The highest BCUT2D eigenvalue weighted by atomic mass is 16.5. The molecular weight excluding hydrogens is 346 g/mol. The van der Waals surface area contributed by atoms with Crippen LogP contribution in [0, 0.1) is 0 Å². The predicted octanol–water partition coefficient (Wildman–Crippen LogP) is 3.00. The van der Waals surface area contributed by atoms with Crippen molar-refractivity contribution in [2.45, 2.75) is 13.0 Å². The van der Waals surface area contributed by atoms with Crippen LogP contribution >= 0.6 is 0 Å². The molecule has 6 nitrogen and oxygen atoms in total. The second-order valence-electron chi connectivity index (χ2n) is 6.53. The van der Waals surface area contributed by atoms with Crippen molar-refractivity contribution in [1.29, 1.82) is 0 Å². The molecule has 2 heterocycles. The zero-order valence-electron chi connectivity index (χ0n) is 15.1.